The zero-order chi connectivity index (χ0) is 13.3. The standard InChI is InChI=1S/C17H26O2/c1-13-10-15(16-5-9-19-12-16)4-8-17(13)6-2-14(11-18)3-7-17/h5,9,12-15,18H,2-4,6-8,10-11H2,1H3. The minimum atomic E-state index is 0.391. The molecule has 0 aliphatic heterocycles. The van der Waals surface area contributed by atoms with Crippen molar-refractivity contribution in [3.05, 3.63) is 24.2 Å². The molecule has 2 heteroatoms. The van der Waals surface area contributed by atoms with Crippen molar-refractivity contribution >= 4 is 0 Å². The number of rotatable bonds is 2. The third-order valence-corrected chi connectivity index (χ3v) is 6.05. The molecule has 19 heavy (non-hydrogen) atoms. The second-order valence-electron chi connectivity index (χ2n) is 6.92. The largest absolute Gasteiger partial charge is 0.472 e. The Morgan fingerprint density at radius 3 is 2.58 bits per heavy atom. The number of hydrogen-bond acceptors (Lipinski definition) is 2. The average molecular weight is 262 g/mol. The van der Waals surface area contributed by atoms with Crippen LogP contribution >= 0.6 is 0 Å². The van der Waals surface area contributed by atoms with E-state index in [4.69, 9.17) is 4.42 Å². The van der Waals surface area contributed by atoms with Gasteiger partial charge < -0.3 is 9.52 Å². The molecule has 1 spiro atoms. The Labute approximate surface area is 116 Å². The second-order valence-corrected chi connectivity index (χ2v) is 6.92. The lowest BCUT2D eigenvalue weighted by atomic mass is 9.56. The molecular weight excluding hydrogens is 236 g/mol. The van der Waals surface area contributed by atoms with Crippen LogP contribution in [0.5, 0.6) is 0 Å². The van der Waals surface area contributed by atoms with Crippen molar-refractivity contribution in [3.8, 4) is 0 Å². The summed E-state index contributed by atoms with van der Waals surface area (Å²) in [4.78, 5) is 0. The molecular formula is C17H26O2. The van der Waals surface area contributed by atoms with Crippen LogP contribution in [-0.2, 0) is 0 Å². The predicted octanol–water partition coefficient (Wildman–Crippen LogP) is 4.35. The molecule has 1 aromatic heterocycles. The quantitative estimate of drug-likeness (QED) is 0.859. The van der Waals surface area contributed by atoms with Crippen LogP contribution in [0.1, 0.15) is 63.4 Å². The van der Waals surface area contributed by atoms with E-state index in [1.165, 1.54) is 50.5 Å². The highest BCUT2D eigenvalue weighted by molar-refractivity contribution is 5.14. The van der Waals surface area contributed by atoms with Crippen molar-refractivity contribution in [1.82, 2.24) is 0 Å². The lowest BCUT2D eigenvalue weighted by molar-refractivity contribution is 0.0211. The van der Waals surface area contributed by atoms with Gasteiger partial charge in [-0.05, 0) is 79.7 Å². The van der Waals surface area contributed by atoms with Crippen molar-refractivity contribution in [3.63, 3.8) is 0 Å². The molecule has 2 aliphatic carbocycles. The van der Waals surface area contributed by atoms with Crippen LogP contribution in [0.4, 0.5) is 0 Å². The summed E-state index contributed by atoms with van der Waals surface area (Å²) in [6, 6.07) is 2.14. The van der Waals surface area contributed by atoms with Crippen LogP contribution in [-0.4, -0.2) is 11.7 Å². The normalized spacial score (nSPS) is 39.6. The summed E-state index contributed by atoms with van der Waals surface area (Å²) in [5.74, 6) is 2.08. The Kier molecular flexibility index (Phi) is 3.70. The minimum absolute atomic E-state index is 0.391. The maximum atomic E-state index is 9.30. The smallest absolute Gasteiger partial charge is 0.0937 e. The first kappa shape index (κ1) is 13.2. The summed E-state index contributed by atoms with van der Waals surface area (Å²) in [5, 5.41) is 9.30. The summed E-state index contributed by atoms with van der Waals surface area (Å²) in [6.07, 6.45) is 12.8. The fraction of sp³-hybridized carbons (Fsp3) is 0.765. The van der Waals surface area contributed by atoms with E-state index in [9.17, 15) is 5.11 Å². The Hall–Kier alpha value is -0.760. The van der Waals surface area contributed by atoms with Crippen molar-refractivity contribution < 1.29 is 9.52 Å². The second kappa shape index (κ2) is 5.32. The predicted molar refractivity (Wildman–Crippen MR) is 75.9 cm³/mol. The Balaban J connectivity index is 1.65. The molecule has 1 heterocycles. The lowest BCUT2D eigenvalue weighted by Gasteiger charge is -2.49. The van der Waals surface area contributed by atoms with Gasteiger partial charge in [-0.25, -0.2) is 0 Å². The van der Waals surface area contributed by atoms with E-state index in [0.717, 1.165) is 5.92 Å². The van der Waals surface area contributed by atoms with Crippen LogP contribution < -0.4 is 0 Å². The maximum Gasteiger partial charge on any atom is 0.0937 e. The number of aliphatic hydroxyl groups excluding tert-OH is 1. The highest BCUT2D eigenvalue weighted by Gasteiger charge is 2.43. The van der Waals surface area contributed by atoms with E-state index >= 15 is 0 Å². The SMILES string of the molecule is CC1CC(c2ccoc2)CCC12CCC(CO)CC2. The maximum absolute atomic E-state index is 9.30. The van der Waals surface area contributed by atoms with Crippen LogP contribution in [0, 0.1) is 17.3 Å². The monoisotopic (exact) mass is 262 g/mol. The van der Waals surface area contributed by atoms with Gasteiger partial charge in [-0.2, -0.15) is 0 Å². The van der Waals surface area contributed by atoms with Gasteiger partial charge in [-0.3, -0.25) is 0 Å². The van der Waals surface area contributed by atoms with Gasteiger partial charge >= 0.3 is 0 Å². The first-order valence-corrected chi connectivity index (χ1v) is 7.86. The van der Waals surface area contributed by atoms with Crippen molar-refractivity contribution in [2.24, 2.45) is 17.3 Å². The molecule has 0 saturated heterocycles. The summed E-state index contributed by atoms with van der Waals surface area (Å²) in [7, 11) is 0. The Morgan fingerprint density at radius 2 is 2.00 bits per heavy atom. The van der Waals surface area contributed by atoms with Crippen LogP contribution in [0.25, 0.3) is 0 Å². The van der Waals surface area contributed by atoms with E-state index in [1.807, 2.05) is 6.26 Å². The van der Waals surface area contributed by atoms with Gasteiger partial charge in [0.15, 0.2) is 0 Å². The summed E-state index contributed by atoms with van der Waals surface area (Å²) in [6.45, 7) is 2.84. The Bertz CT molecular complexity index is 387. The van der Waals surface area contributed by atoms with Gasteiger partial charge in [-0.1, -0.05) is 6.92 Å². The van der Waals surface area contributed by atoms with Crippen molar-refractivity contribution in [1.29, 1.82) is 0 Å². The third-order valence-electron chi connectivity index (χ3n) is 6.05. The number of aliphatic hydroxyl groups is 1. The fourth-order valence-electron chi connectivity index (χ4n) is 4.49. The molecule has 2 aliphatic rings. The molecule has 0 amide bonds. The highest BCUT2D eigenvalue weighted by atomic mass is 16.3. The molecule has 1 aromatic rings. The summed E-state index contributed by atoms with van der Waals surface area (Å²) in [5.41, 5.74) is 1.97. The van der Waals surface area contributed by atoms with Crippen LogP contribution in [0.2, 0.25) is 0 Å². The van der Waals surface area contributed by atoms with Gasteiger partial charge in [-0.15, -0.1) is 0 Å². The topological polar surface area (TPSA) is 33.4 Å². The first-order valence-electron chi connectivity index (χ1n) is 7.86. The van der Waals surface area contributed by atoms with Gasteiger partial charge in [0.25, 0.3) is 0 Å². The molecule has 0 radical (unpaired) electrons. The fourth-order valence-corrected chi connectivity index (χ4v) is 4.49. The molecule has 2 nitrogen and oxygen atoms in total. The van der Waals surface area contributed by atoms with Crippen molar-refractivity contribution in [2.45, 2.75) is 57.8 Å². The van der Waals surface area contributed by atoms with Crippen LogP contribution in [0.15, 0.2) is 23.0 Å². The average Bonchev–Trinajstić information content (AvgIpc) is 2.97. The molecule has 2 saturated carbocycles. The molecule has 0 bridgehead atoms. The van der Waals surface area contributed by atoms with Crippen LogP contribution in [0.3, 0.4) is 0 Å². The molecule has 2 atom stereocenters. The van der Waals surface area contributed by atoms with Crippen molar-refractivity contribution in [2.75, 3.05) is 6.61 Å². The third kappa shape index (κ3) is 2.47. The van der Waals surface area contributed by atoms with E-state index < -0.39 is 0 Å². The number of hydrogen-bond donors (Lipinski definition) is 1. The minimum Gasteiger partial charge on any atom is -0.472 e. The van der Waals surface area contributed by atoms with E-state index in [0.29, 0.717) is 23.9 Å². The van der Waals surface area contributed by atoms with E-state index in [1.54, 1.807) is 6.26 Å². The van der Waals surface area contributed by atoms with Gasteiger partial charge in [0.05, 0.1) is 12.5 Å². The molecule has 0 aromatic carbocycles. The molecule has 2 unspecified atom stereocenters. The summed E-state index contributed by atoms with van der Waals surface area (Å²) >= 11 is 0. The zero-order valence-corrected chi connectivity index (χ0v) is 12.0. The molecule has 2 fully saturated rings. The highest BCUT2D eigenvalue weighted by Crippen LogP contribution is 2.55. The van der Waals surface area contributed by atoms with Gasteiger partial charge in [0, 0.05) is 6.61 Å². The molecule has 1 N–H and O–H groups in total. The summed E-state index contributed by atoms with van der Waals surface area (Å²) < 4.78 is 5.24. The van der Waals surface area contributed by atoms with Gasteiger partial charge in [0.2, 0.25) is 0 Å². The number of furan rings is 1. The lowest BCUT2D eigenvalue weighted by Crippen LogP contribution is -2.38. The zero-order valence-electron chi connectivity index (χ0n) is 12.0. The Morgan fingerprint density at radius 1 is 1.26 bits per heavy atom. The molecule has 106 valence electrons. The molecule has 3 rings (SSSR count). The van der Waals surface area contributed by atoms with E-state index in [2.05, 4.69) is 13.0 Å². The van der Waals surface area contributed by atoms with Gasteiger partial charge in [0.1, 0.15) is 0 Å². The van der Waals surface area contributed by atoms with E-state index in [-0.39, 0.29) is 0 Å². The first-order chi connectivity index (χ1) is 9.23.